The molecule has 0 bridgehead atoms. The van der Waals surface area contributed by atoms with Crippen LogP contribution in [0.25, 0.3) is 11.0 Å². The number of amides is 1. The van der Waals surface area contributed by atoms with Crippen LogP contribution in [0.2, 0.25) is 0 Å². The van der Waals surface area contributed by atoms with Gasteiger partial charge in [0.05, 0.1) is 16.8 Å². The fourth-order valence-electron chi connectivity index (χ4n) is 4.09. The van der Waals surface area contributed by atoms with Gasteiger partial charge in [-0.1, -0.05) is 54.6 Å². The second-order valence-corrected chi connectivity index (χ2v) is 8.74. The minimum absolute atomic E-state index is 0.0440. The molecule has 0 atom stereocenters. The van der Waals surface area contributed by atoms with Gasteiger partial charge in [-0.2, -0.15) is 0 Å². The van der Waals surface area contributed by atoms with Gasteiger partial charge in [0.1, 0.15) is 0 Å². The number of para-hydroxylation sites is 2. The first-order valence-electron chi connectivity index (χ1n) is 10.9. The van der Waals surface area contributed by atoms with Crippen molar-refractivity contribution in [3.8, 4) is 0 Å². The predicted octanol–water partition coefficient (Wildman–Crippen LogP) is 4.45. The van der Waals surface area contributed by atoms with Gasteiger partial charge in [-0.3, -0.25) is 9.69 Å². The maximum Gasteiger partial charge on any atom is 0.230 e. The minimum atomic E-state index is 0.0440. The number of fused-ring (bicyclic) bond motifs is 1. The third kappa shape index (κ3) is 5.05. The highest BCUT2D eigenvalue weighted by atomic mass is 32.2. The zero-order chi connectivity index (χ0) is 20.8. The van der Waals surface area contributed by atoms with E-state index in [0.717, 1.165) is 29.3 Å². The first-order chi connectivity index (χ1) is 14.7. The summed E-state index contributed by atoms with van der Waals surface area (Å²) in [5.41, 5.74) is 4.63. The van der Waals surface area contributed by atoms with E-state index in [1.54, 1.807) is 0 Å². The number of benzene rings is 2. The van der Waals surface area contributed by atoms with Crippen LogP contribution in [0.1, 0.15) is 37.3 Å². The van der Waals surface area contributed by atoms with Crippen molar-refractivity contribution in [3.63, 3.8) is 0 Å². The van der Waals surface area contributed by atoms with Crippen molar-refractivity contribution < 1.29 is 4.79 Å². The van der Waals surface area contributed by atoms with E-state index in [9.17, 15) is 4.79 Å². The number of hydrogen-bond donors (Lipinski definition) is 1. The third-order valence-corrected chi connectivity index (χ3v) is 6.68. The molecule has 2 heterocycles. The van der Waals surface area contributed by atoms with Gasteiger partial charge in [-0.05, 0) is 56.1 Å². The lowest BCUT2D eigenvalue weighted by Crippen LogP contribution is -2.30. The summed E-state index contributed by atoms with van der Waals surface area (Å²) in [6.07, 6.45) is 3.93. The predicted molar refractivity (Wildman–Crippen MR) is 124 cm³/mol. The van der Waals surface area contributed by atoms with E-state index < -0.39 is 0 Å². The van der Waals surface area contributed by atoms with Gasteiger partial charge in [0.15, 0.2) is 5.16 Å². The Morgan fingerprint density at radius 2 is 1.77 bits per heavy atom. The number of rotatable bonds is 8. The third-order valence-electron chi connectivity index (χ3n) is 5.71. The van der Waals surface area contributed by atoms with Crippen molar-refractivity contribution >= 4 is 28.7 Å². The van der Waals surface area contributed by atoms with Crippen LogP contribution in [0.5, 0.6) is 0 Å². The Morgan fingerprint density at radius 1 is 1.03 bits per heavy atom. The molecule has 0 aliphatic carbocycles. The van der Waals surface area contributed by atoms with Crippen LogP contribution < -0.4 is 5.32 Å². The molecule has 1 amide bonds. The molecule has 1 aromatic heterocycles. The summed E-state index contributed by atoms with van der Waals surface area (Å²) in [4.78, 5) is 19.7. The van der Waals surface area contributed by atoms with Crippen LogP contribution in [0, 0.1) is 0 Å². The number of aryl methyl sites for hydroxylation is 1. The van der Waals surface area contributed by atoms with Crippen LogP contribution >= 0.6 is 11.8 Å². The zero-order valence-electron chi connectivity index (χ0n) is 17.6. The van der Waals surface area contributed by atoms with Crippen molar-refractivity contribution in [2.75, 3.05) is 18.8 Å². The monoisotopic (exact) mass is 422 g/mol. The van der Waals surface area contributed by atoms with E-state index in [2.05, 4.69) is 52.0 Å². The highest BCUT2D eigenvalue weighted by Crippen LogP contribution is 2.24. The van der Waals surface area contributed by atoms with Crippen molar-refractivity contribution in [2.24, 2.45) is 0 Å². The summed E-state index contributed by atoms with van der Waals surface area (Å²) in [6, 6.07) is 16.6. The molecule has 1 fully saturated rings. The average molecular weight is 423 g/mol. The van der Waals surface area contributed by atoms with Crippen LogP contribution in [-0.2, 0) is 24.4 Å². The van der Waals surface area contributed by atoms with Crippen molar-refractivity contribution in [3.05, 3.63) is 59.7 Å². The molecule has 0 spiro atoms. The molecule has 0 saturated carbocycles. The second kappa shape index (κ2) is 10.1. The number of aromatic nitrogens is 2. The average Bonchev–Trinajstić information content (AvgIpc) is 3.15. The summed E-state index contributed by atoms with van der Waals surface area (Å²) in [6.45, 7) is 6.85. The SMILES string of the molecule is CCn1c(SCC(=O)NCc2ccccc2CN2CCCCC2)nc2ccccc21. The molecule has 0 unspecified atom stereocenters. The standard InChI is InChI=1S/C24H30N4OS/c1-2-28-22-13-7-6-12-21(22)26-24(28)30-18-23(29)25-16-19-10-4-5-11-20(19)17-27-14-8-3-9-15-27/h4-7,10-13H,2-3,8-9,14-18H2,1H3,(H,25,29). The number of piperidine rings is 1. The second-order valence-electron chi connectivity index (χ2n) is 7.80. The van der Waals surface area contributed by atoms with E-state index in [1.807, 2.05) is 18.2 Å². The molecule has 3 aromatic rings. The molecule has 30 heavy (non-hydrogen) atoms. The molecule has 1 aliphatic rings. The molecule has 1 saturated heterocycles. The minimum Gasteiger partial charge on any atom is -0.351 e. The Labute approximate surface area is 182 Å². The Bertz CT molecular complexity index is 994. The van der Waals surface area contributed by atoms with Gasteiger partial charge >= 0.3 is 0 Å². The Kier molecular flexibility index (Phi) is 7.07. The maximum atomic E-state index is 12.5. The summed E-state index contributed by atoms with van der Waals surface area (Å²) < 4.78 is 2.17. The number of likely N-dealkylation sites (tertiary alicyclic amines) is 1. The fraction of sp³-hybridized carbons (Fsp3) is 0.417. The van der Waals surface area contributed by atoms with Crippen LogP contribution in [0.15, 0.2) is 53.7 Å². The maximum absolute atomic E-state index is 12.5. The highest BCUT2D eigenvalue weighted by Gasteiger charge is 2.14. The van der Waals surface area contributed by atoms with E-state index in [0.29, 0.717) is 12.3 Å². The van der Waals surface area contributed by atoms with Gasteiger partial charge in [0.25, 0.3) is 0 Å². The van der Waals surface area contributed by atoms with Crippen molar-refractivity contribution in [1.82, 2.24) is 19.8 Å². The van der Waals surface area contributed by atoms with Gasteiger partial charge in [0, 0.05) is 19.6 Å². The number of imidazole rings is 1. The van der Waals surface area contributed by atoms with E-state index >= 15 is 0 Å². The molecule has 0 radical (unpaired) electrons. The Hall–Kier alpha value is -2.31. The summed E-state index contributed by atoms with van der Waals surface area (Å²) in [5.74, 6) is 0.417. The number of thioether (sulfide) groups is 1. The molecular formula is C24H30N4OS. The fourth-order valence-corrected chi connectivity index (χ4v) is 5.00. The van der Waals surface area contributed by atoms with E-state index in [-0.39, 0.29) is 5.91 Å². The van der Waals surface area contributed by atoms with Crippen LogP contribution in [0.4, 0.5) is 0 Å². The quantitative estimate of drug-likeness (QED) is 0.545. The van der Waals surface area contributed by atoms with Gasteiger partial charge in [0.2, 0.25) is 5.91 Å². The molecular weight excluding hydrogens is 392 g/mol. The zero-order valence-corrected chi connectivity index (χ0v) is 18.5. The lowest BCUT2D eigenvalue weighted by molar-refractivity contribution is -0.118. The first kappa shape index (κ1) is 20.9. The van der Waals surface area contributed by atoms with Gasteiger partial charge in [-0.25, -0.2) is 4.98 Å². The van der Waals surface area contributed by atoms with E-state index in [1.165, 1.54) is 55.2 Å². The number of nitrogens with one attached hydrogen (secondary N) is 1. The van der Waals surface area contributed by atoms with Gasteiger partial charge in [-0.15, -0.1) is 0 Å². The van der Waals surface area contributed by atoms with Crippen LogP contribution in [0.3, 0.4) is 0 Å². The number of carbonyl (C=O) groups excluding carboxylic acids is 1. The summed E-state index contributed by atoms with van der Waals surface area (Å²) >= 11 is 1.50. The number of carbonyl (C=O) groups is 1. The Morgan fingerprint density at radius 3 is 2.57 bits per heavy atom. The molecule has 1 aliphatic heterocycles. The van der Waals surface area contributed by atoms with Crippen LogP contribution in [-0.4, -0.2) is 39.2 Å². The topological polar surface area (TPSA) is 50.2 Å². The number of nitrogens with zero attached hydrogens (tertiary/aromatic N) is 3. The van der Waals surface area contributed by atoms with E-state index in [4.69, 9.17) is 4.98 Å². The highest BCUT2D eigenvalue weighted by molar-refractivity contribution is 7.99. The lowest BCUT2D eigenvalue weighted by Gasteiger charge is -2.27. The normalized spacial score (nSPS) is 14.8. The summed E-state index contributed by atoms with van der Waals surface area (Å²) in [7, 11) is 0. The van der Waals surface area contributed by atoms with Gasteiger partial charge < -0.3 is 9.88 Å². The number of hydrogen-bond acceptors (Lipinski definition) is 4. The summed E-state index contributed by atoms with van der Waals surface area (Å²) in [5, 5.41) is 4.00. The molecule has 1 N–H and O–H groups in total. The largest absolute Gasteiger partial charge is 0.351 e. The molecule has 6 heteroatoms. The van der Waals surface area contributed by atoms with Crippen molar-refractivity contribution in [2.45, 2.75) is 51.0 Å². The first-order valence-corrected chi connectivity index (χ1v) is 11.9. The van der Waals surface area contributed by atoms with Crippen molar-refractivity contribution in [1.29, 1.82) is 0 Å². The Balaban J connectivity index is 1.33. The molecule has 4 rings (SSSR count). The molecule has 2 aromatic carbocycles. The molecule has 5 nitrogen and oxygen atoms in total. The smallest absolute Gasteiger partial charge is 0.230 e. The molecule has 158 valence electrons. The lowest BCUT2D eigenvalue weighted by atomic mass is 10.0.